The molecule has 0 saturated heterocycles. The highest BCUT2D eigenvalue weighted by Gasteiger charge is 2.14. The number of hydrogen-bond donors (Lipinski definition) is 1. The van der Waals surface area contributed by atoms with Crippen molar-refractivity contribution in [2.75, 3.05) is 0 Å². The molecule has 0 fully saturated rings. The van der Waals surface area contributed by atoms with Gasteiger partial charge in [0.05, 0.1) is 16.0 Å². The quantitative estimate of drug-likeness (QED) is 0.420. The molecule has 0 spiro atoms. The van der Waals surface area contributed by atoms with E-state index in [2.05, 4.69) is 4.98 Å². The molecule has 4 aromatic rings. The van der Waals surface area contributed by atoms with E-state index in [4.69, 9.17) is 0 Å². The molecular weight excluding hydrogens is 342 g/mol. The lowest BCUT2D eigenvalue weighted by molar-refractivity contribution is -0.384. The van der Waals surface area contributed by atoms with Crippen LogP contribution in [0.2, 0.25) is 0 Å². The first kappa shape index (κ1) is 16.5. The monoisotopic (exact) mass is 357 g/mol. The van der Waals surface area contributed by atoms with E-state index in [0.717, 1.165) is 16.8 Å². The van der Waals surface area contributed by atoms with Crippen molar-refractivity contribution in [2.45, 2.75) is 0 Å². The lowest BCUT2D eigenvalue weighted by Crippen LogP contribution is -1.96. The van der Waals surface area contributed by atoms with Crippen LogP contribution in [-0.4, -0.2) is 19.6 Å². The van der Waals surface area contributed by atoms with Crippen molar-refractivity contribution in [3.8, 4) is 11.4 Å². The number of imidazole rings is 1. The molecule has 4 rings (SSSR count). The average Bonchev–Trinajstić information content (AvgIpc) is 3.04. The summed E-state index contributed by atoms with van der Waals surface area (Å²) in [6, 6.07) is 21.2. The summed E-state index contributed by atoms with van der Waals surface area (Å²) in [5.74, 6) is 0.823. The van der Waals surface area contributed by atoms with E-state index < -0.39 is 4.92 Å². The van der Waals surface area contributed by atoms with Crippen LogP contribution in [0.4, 0.5) is 5.69 Å². The molecule has 27 heavy (non-hydrogen) atoms. The Labute approximate surface area is 154 Å². The van der Waals surface area contributed by atoms with Crippen molar-refractivity contribution in [1.82, 2.24) is 9.55 Å². The van der Waals surface area contributed by atoms with Gasteiger partial charge in [-0.15, -0.1) is 0 Å². The summed E-state index contributed by atoms with van der Waals surface area (Å²) < 4.78 is 1.94. The van der Waals surface area contributed by atoms with E-state index >= 15 is 0 Å². The van der Waals surface area contributed by atoms with Gasteiger partial charge in [0.2, 0.25) is 0 Å². The summed E-state index contributed by atoms with van der Waals surface area (Å²) in [4.78, 5) is 15.2. The van der Waals surface area contributed by atoms with Gasteiger partial charge in [-0.2, -0.15) is 0 Å². The van der Waals surface area contributed by atoms with Crippen molar-refractivity contribution in [3.63, 3.8) is 0 Å². The molecular formula is C21H15N3O3. The summed E-state index contributed by atoms with van der Waals surface area (Å²) >= 11 is 0. The molecule has 0 bridgehead atoms. The smallest absolute Gasteiger partial charge is 0.271 e. The van der Waals surface area contributed by atoms with Gasteiger partial charge in [0.25, 0.3) is 5.69 Å². The molecule has 1 N–H and O–H groups in total. The number of phenolic OH excluding ortho intramolecular Hbond substituents is 1. The SMILES string of the molecule is O=[N+]([O-])c1ccc2c(c1)nc(/C=C/c1cccc(O)c1)n2-c1ccccc1. The van der Waals surface area contributed by atoms with Crippen molar-refractivity contribution in [3.05, 3.63) is 94.3 Å². The molecule has 0 radical (unpaired) electrons. The molecule has 0 saturated carbocycles. The van der Waals surface area contributed by atoms with Crippen molar-refractivity contribution in [1.29, 1.82) is 0 Å². The normalized spacial score (nSPS) is 11.3. The summed E-state index contributed by atoms with van der Waals surface area (Å²) in [6.07, 6.45) is 3.67. The third-order valence-corrected chi connectivity index (χ3v) is 4.18. The first-order chi connectivity index (χ1) is 13.1. The van der Waals surface area contributed by atoms with Crippen LogP contribution in [-0.2, 0) is 0 Å². The molecule has 0 atom stereocenters. The van der Waals surface area contributed by atoms with Crippen molar-refractivity contribution >= 4 is 28.9 Å². The molecule has 6 nitrogen and oxygen atoms in total. The van der Waals surface area contributed by atoms with Crippen LogP contribution in [0.25, 0.3) is 28.9 Å². The fourth-order valence-corrected chi connectivity index (χ4v) is 2.96. The highest BCUT2D eigenvalue weighted by Crippen LogP contribution is 2.26. The number of nitrogens with zero attached hydrogens (tertiary/aromatic N) is 3. The maximum Gasteiger partial charge on any atom is 0.271 e. The predicted octanol–water partition coefficient (Wildman–Crippen LogP) is 4.81. The predicted molar refractivity (Wildman–Crippen MR) is 105 cm³/mol. The zero-order valence-corrected chi connectivity index (χ0v) is 14.2. The lowest BCUT2D eigenvalue weighted by atomic mass is 10.2. The second-order valence-corrected chi connectivity index (χ2v) is 6.00. The van der Waals surface area contributed by atoms with Gasteiger partial charge in [-0.1, -0.05) is 36.4 Å². The van der Waals surface area contributed by atoms with Crippen LogP contribution < -0.4 is 0 Å². The number of hydrogen-bond acceptors (Lipinski definition) is 4. The van der Waals surface area contributed by atoms with Gasteiger partial charge >= 0.3 is 0 Å². The Kier molecular flexibility index (Phi) is 4.14. The molecule has 0 aliphatic heterocycles. The third-order valence-electron chi connectivity index (χ3n) is 4.18. The van der Waals surface area contributed by atoms with E-state index in [1.54, 1.807) is 24.3 Å². The van der Waals surface area contributed by atoms with Crippen molar-refractivity contribution in [2.24, 2.45) is 0 Å². The minimum atomic E-state index is -0.427. The molecule has 0 amide bonds. The largest absolute Gasteiger partial charge is 0.508 e. The molecule has 3 aromatic carbocycles. The van der Waals surface area contributed by atoms with E-state index in [-0.39, 0.29) is 11.4 Å². The van der Waals surface area contributed by atoms with Crippen LogP contribution >= 0.6 is 0 Å². The van der Waals surface area contributed by atoms with E-state index in [0.29, 0.717) is 11.3 Å². The molecule has 0 aliphatic carbocycles. The van der Waals surface area contributed by atoms with Crippen LogP contribution in [0.5, 0.6) is 5.75 Å². The minimum absolute atomic E-state index is 0.00345. The Bertz CT molecular complexity index is 1160. The second-order valence-electron chi connectivity index (χ2n) is 6.00. The highest BCUT2D eigenvalue weighted by atomic mass is 16.6. The van der Waals surface area contributed by atoms with Crippen molar-refractivity contribution < 1.29 is 10.0 Å². The number of aromatic nitrogens is 2. The minimum Gasteiger partial charge on any atom is -0.508 e. The van der Waals surface area contributed by atoms with E-state index in [9.17, 15) is 15.2 Å². The lowest BCUT2D eigenvalue weighted by Gasteiger charge is -2.07. The zero-order valence-electron chi connectivity index (χ0n) is 14.2. The molecule has 1 heterocycles. The van der Waals surface area contributed by atoms with Crippen LogP contribution in [0, 0.1) is 10.1 Å². The van der Waals surface area contributed by atoms with Gasteiger partial charge in [0.1, 0.15) is 11.6 Å². The Hall–Kier alpha value is -3.93. The van der Waals surface area contributed by atoms with Gasteiger partial charge in [0, 0.05) is 17.8 Å². The Morgan fingerprint density at radius 3 is 2.52 bits per heavy atom. The first-order valence-corrected chi connectivity index (χ1v) is 8.31. The molecule has 0 unspecified atom stereocenters. The zero-order chi connectivity index (χ0) is 18.8. The number of aromatic hydroxyl groups is 1. The number of nitro benzene ring substituents is 1. The Morgan fingerprint density at radius 2 is 1.78 bits per heavy atom. The number of para-hydroxylation sites is 1. The number of nitro groups is 1. The standard InChI is InChI=1S/C21H15N3O3/c25-18-8-4-5-15(13-18)9-12-21-22-19-14-17(24(26)27)10-11-20(19)23(21)16-6-2-1-3-7-16/h1-14,25H/b12-9+. The number of phenols is 1. The van der Waals surface area contributed by atoms with Gasteiger partial charge in [0.15, 0.2) is 0 Å². The van der Waals surface area contributed by atoms with Gasteiger partial charge in [-0.25, -0.2) is 4.98 Å². The summed E-state index contributed by atoms with van der Waals surface area (Å²) in [7, 11) is 0. The second kappa shape index (κ2) is 6.76. The van der Waals surface area contributed by atoms with Gasteiger partial charge in [-0.05, 0) is 42.0 Å². The maximum atomic E-state index is 11.1. The van der Waals surface area contributed by atoms with Gasteiger partial charge < -0.3 is 5.11 Å². The van der Waals surface area contributed by atoms with Crippen LogP contribution in [0.1, 0.15) is 11.4 Å². The maximum absolute atomic E-state index is 11.1. The number of benzene rings is 3. The topological polar surface area (TPSA) is 81.2 Å². The average molecular weight is 357 g/mol. The van der Waals surface area contributed by atoms with E-state index in [1.807, 2.05) is 53.1 Å². The van der Waals surface area contributed by atoms with E-state index in [1.165, 1.54) is 12.1 Å². The number of rotatable bonds is 4. The molecule has 0 aliphatic rings. The summed E-state index contributed by atoms with van der Waals surface area (Å²) in [6.45, 7) is 0. The molecule has 6 heteroatoms. The molecule has 1 aromatic heterocycles. The fraction of sp³-hybridized carbons (Fsp3) is 0. The highest BCUT2D eigenvalue weighted by molar-refractivity contribution is 5.84. The summed E-state index contributed by atoms with van der Waals surface area (Å²) in [5.41, 5.74) is 3.06. The number of fused-ring (bicyclic) bond motifs is 1. The Balaban J connectivity index is 1.88. The van der Waals surface area contributed by atoms with Crippen LogP contribution in [0.15, 0.2) is 72.8 Å². The third kappa shape index (κ3) is 3.28. The first-order valence-electron chi connectivity index (χ1n) is 8.31. The number of non-ortho nitro benzene ring substituents is 1. The summed E-state index contributed by atoms with van der Waals surface area (Å²) in [5, 5.41) is 20.7. The van der Waals surface area contributed by atoms with Crippen LogP contribution in [0.3, 0.4) is 0 Å². The van der Waals surface area contributed by atoms with Gasteiger partial charge in [-0.3, -0.25) is 14.7 Å². The Morgan fingerprint density at radius 1 is 0.963 bits per heavy atom. The molecule has 132 valence electrons. The fourth-order valence-electron chi connectivity index (χ4n) is 2.96.